The molecule has 0 atom stereocenters. The number of aryl methyl sites for hydroxylation is 2. The van der Waals surface area contributed by atoms with E-state index >= 15 is 0 Å². The zero-order valence-corrected chi connectivity index (χ0v) is 15.6. The van der Waals surface area contributed by atoms with Gasteiger partial charge in [0.15, 0.2) is 0 Å². The summed E-state index contributed by atoms with van der Waals surface area (Å²) in [5, 5.41) is 7.68. The van der Waals surface area contributed by atoms with Crippen molar-refractivity contribution in [2.45, 2.75) is 40.4 Å². The number of thiazole rings is 1. The second kappa shape index (κ2) is 7.28. The van der Waals surface area contributed by atoms with E-state index in [9.17, 15) is 0 Å². The van der Waals surface area contributed by atoms with Crippen molar-refractivity contribution in [1.29, 1.82) is 0 Å². The predicted molar refractivity (Wildman–Crippen MR) is 100 cm³/mol. The Kier molecular flexibility index (Phi) is 5.11. The van der Waals surface area contributed by atoms with Crippen LogP contribution in [0, 0.1) is 13.8 Å². The molecule has 2 heterocycles. The molecular formula is C19H24N4S. The molecule has 0 fully saturated rings. The van der Waals surface area contributed by atoms with E-state index in [1.165, 1.54) is 22.4 Å². The summed E-state index contributed by atoms with van der Waals surface area (Å²) < 4.78 is 2.04. The Hall–Kier alpha value is -1.98. The molecule has 0 saturated carbocycles. The summed E-state index contributed by atoms with van der Waals surface area (Å²) in [7, 11) is 2.13. The quantitative estimate of drug-likeness (QED) is 0.672. The van der Waals surface area contributed by atoms with Crippen LogP contribution in [0.2, 0.25) is 0 Å². The van der Waals surface area contributed by atoms with Crippen LogP contribution in [0.3, 0.4) is 0 Å². The highest BCUT2D eigenvalue weighted by Gasteiger charge is 2.11. The SMILES string of the molecule is CCn1ncc(CN(C)Cc2csc(-c3cccc(C)c3)n2)c1C. The molecule has 1 aromatic carbocycles. The Morgan fingerprint density at radius 1 is 1.21 bits per heavy atom. The van der Waals surface area contributed by atoms with Crippen LogP contribution in [0.4, 0.5) is 0 Å². The molecule has 0 aliphatic carbocycles. The predicted octanol–water partition coefficient (Wildman–Crippen LogP) is 4.28. The van der Waals surface area contributed by atoms with E-state index < -0.39 is 0 Å². The molecule has 4 nitrogen and oxygen atoms in total. The molecule has 0 unspecified atom stereocenters. The van der Waals surface area contributed by atoms with Gasteiger partial charge in [0.05, 0.1) is 11.9 Å². The summed E-state index contributed by atoms with van der Waals surface area (Å²) >= 11 is 1.72. The van der Waals surface area contributed by atoms with E-state index in [4.69, 9.17) is 4.98 Å². The first-order valence-electron chi connectivity index (χ1n) is 8.28. The van der Waals surface area contributed by atoms with E-state index in [2.05, 4.69) is 67.5 Å². The average Bonchev–Trinajstić information content (AvgIpc) is 3.15. The zero-order valence-electron chi connectivity index (χ0n) is 14.8. The van der Waals surface area contributed by atoms with Gasteiger partial charge in [-0.15, -0.1) is 11.3 Å². The Morgan fingerprint density at radius 2 is 2.04 bits per heavy atom. The van der Waals surface area contributed by atoms with Crippen molar-refractivity contribution < 1.29 is 0 Å². The molecule has 0 amide bonds. The van der Waals surface area contributed by atoms with Crippen LogP contribution in [-0.2, 0) is 19.6 Å². The first kappa shape index (κ1) is 16.9. The lowest BCUT2D eigenvalue weighted by atomic mass is 10.1. The highest BCUT2D eigenvalue weighted by atomic mass is 32.1. The van der Waals surface area contributed by atoms with Gasteiger partial charge >= 0.3 is 0 Å². The number of rotatable bonds is 6. The van der Waals surface area contributed by atoms with Crippen LogP contribution in [-0.4, -0.2) is 26.7 Å². The summed E-state index contributed by atoms with van der Waals surface area (Å²) in [5.74, 6) is 0. The molecular weight excluding hydrogens is 316 g/mol. The summed E-state index contributed by atoms with van der Waals surface area (Å²) in [6.45, 7) is 9.03. The Labute approximate surface area is 147 Å². The summed E-state index contributed by atoms with van der Waals surface area (Å²) in [4.78, 5) is 7.09. The van der Waals surface area contributed by atoms with Gasteiger partial charge in [-0.2, -0.15) is 5.10 Å². The van der Waals surface area contributed by atoms with Gasteiger partial charge in [-0.1, -0.05) is 23.8 Å². The minimum Gasteiger partial charge on any atom is -0.296 e. The van der Waals surface area contributed by atoms with Crippen LogP contribution < -0.4 is 0 Å². The van der Waals surface area contributed by atoms with Crippen molar-refractivity contribution >= 4 is 11.3 Å². The van der Waals surface area contributed by atoms with E-state index in [0.717, 1.165) is 30.3 Å². The number of nitrogens with zero attached hydrogens (tertiary/aromatic N) is 4. The highest BCUT2D eigenvalue weighted by molar-refractivity contribution is 7.13. The van der Waals surface area contributed by atoms with Crippen molar-refractivity contribution in [3.63, 3.8) is 0 Å². The highest BCUT2D eigenvalue weighted by Crippen LogP contribution is 2.25. The largest absolute Gasteiger partial charge is 0.296 e. The van der Waals surface area contributed by atoms with E-state index in [1.807, 2.05) is 10.9 Å². The second-order valence-corrected chi connectivity index (χ2v) is 7.11. The minimum atomic E-state index is 0.846. The third kappa shape index (κ3) is 3.74. The first-order valence-corrected chi connectivity index (χ1v) is 9.16. The van der Waals surface area contributed by atoms with Gasteiger partial charge in [0.1, 0.15) is 5.01 Å². The van der Waals surface area contributed by atoms with Gasteiger partial charge in [0, 0.05) is 41.8 Å². The van der Waals surface area contributed by atoms with E-state index in [-0.39, 0.29) is 0 Å². The van der Waals surface area contributed by atoms with Gasteiger partial charge in [0.2, 0.25) is 0 Å². The van der Waals surface area contributed by atoms with Gasteiger partial charge in [0.25, 0.3) is 0 Å². The maximum Gasteiger partial charge on any atom is 0.123 e. The summed E-state index contributed by atoms with van der Waals surface area (Å²) in [5.41, 5.74) is 6.13. The second-order valence-electron chi connectivity index (χ2n) is 6.26. The lowest BCUT2D eigenvalue weighted by Crippen LogP contribution is -2.18. The molecule has 3 rings (SSSR count). The van der Waals surface area contributed by atoms with Gasteiger partial charge in [-0.25, -0.2) is 4.98 Å². The topological polar surface area (TPSA) is 34.0 Å². The molecule has 24 heavy (non-hydrogen) atoms. The number of aromatic nitrogens is 3. The molecule has 5 heteroatoms. The Bertz CT molecular complexity index is 818. The Balaban J connectivity index is 1.67. The molecule has 0 aliphatic heterocycles. The van der Waals surface area contributed by atoms with Crippen molar-refractivity contribution in [1.82, 2.24) is 19.7 Å². The smallest absolute Gasteiger partial charge is 0.123 e. The molecule has 0 saturated heterocycles. The molecule has 0 aliphatic rings. The maximum absolute atomic E-state index is 4.80. The molecule has 0 radical (unpaired) electrons. The van der Waals surface area contributed by atoms with E-state index in [1.54, 1.807) is 11.3 Å². The van der Waals surface area contributed by atoms with Crippen LogP contribution in [0.1, 0.15) is 29.4 Å². The van der Waals surface area contributed by atoms with Gasteiger partial charge in [-0.05, 0) is 33.9 Å². The third-order valence-electron chi connectivity index (χ3n) is 4.19. The number of hydrogen-bond donors (Lipinski definition) is 0. The zero-order chi connectivity index (χ0) is 17.1. The van der Waals surface area contributed by atoms with Crippen LogP contribution >= 0.6 is 11.3 Å². The number of benzene rings is 1. The van der Waals surface area contributed by atoms with Crippen molar-refractivity contribution in [3.05, 3.63) is 58.4 Å². The fourth-order valence-electron chi connectivity index (χ4n) is 2.87. The normalized spacial score (nSPS) is 11.4. The lowest BCUT2D eigenvalue weighted by Gasteiger charge is -2.15. The summed E-state index contributed by atoms with van der Waals surface area (Å²) in [6.07, 6.45) is 1.98. The third-order valence-corrected chi connectivity index (χ3v) is 5.13. The fourth-order valence-corrected chi connectivity index (χ4v) is 3.68. The van der Waals surface area contributed by atoms with Gasteiger partial charge < -0.3 is 0 Å². The Morgan fingerprint density at radius 3 is 2.75 bits per heavy atom. The molecule has 3 aromatic rings. The van der Waals surface area contributed by atoms with E-state index in [0.29, 0.717) is 0 Å². The minimum absolute atomic E-state index is 0.846. The molecule has 126 valence electrons. The van der Waals surface area contributed by atoms with Gasteiger partial charge in [-0.3, -0.25) is 9.58 Å². The average molecular weight is 340 g/mol. The summed E-state index contributed by atoms with van der Waals surface area (Å²) in [6, 6.07) is 8.52. The van der Waals surface area contributed by atoms with Crippen LogP contribution in [0.5, 0.6) is 0 Å². The van der Waals surface area contributed by atoms with Crippen LogP contribution in [0.25, 0.3) is 10.6 Å². The monoisotopic (exact) mass is 340 g/mol. The first-order chi connectivity index (χ1) is 11.6. The van der Waals surface area contributed by atoms with Crippen molar-refractivity contribution in [2.24, 2.45) is 0 Å². The lowest BCUT2D eigenvalue weighted by molar-refractivity contribution is 0.315. The molecule has 0 spiro atoms. The maximum atomic E-state index is 4.80. The standard InChI is InChI=1S/C19H24N4S/c1-5-23-15(3)17(10-20-23)11-22(4)12-18-13-24-19(21-18)16-8-6-7-14(2)9-16/h6-10,13H,5,11-12H2,1-4H3. The molecule has 2 aromatic heterocycles. The number of hydrogen-bond acceptors (Lipinski definition) is 4. The van der Waals surface area contributed by atoms with Crippen molar-refractivity contribution in [3.8, 4) is 10.6 Å². The fraction of sp³-hybridized carbons (Fsp3) is 0.368. The van der Waals surface area contributed by atoms with Crippen LogP contribution in [0.15, 0.2) is 35.8 Å². The molecule has 0 bridgehead atoms. The van der Waals surface area contributed by atoms with Crippen molar-refractivity contribution in [2.75, 3.05) is 7.05 Å². The molecule has 0 N–H and O–H groups in total.